The first-order chi connectivity index (χ1) is 13.6. The van der Waals surface area contributed by atoms with E-state index in [4.69, 9.17) is 4.74 Å². The maximum Gasteiger partial charge on any atom is 0.170 e. The molecule has 4 heteroatoms. The highest BCUT2D eigenvalue weighted by Gasteiger charge is 2.19. The van der Waals surface area contributed by atoms with E-state index in [9.17, 15) is 13.2 Å². The van der Waals surface area contributed by atoms with E-state index in [1.54, 1.807) is 42.5 Å². The molecule has 0 saturated heterocycles. The highest BCUT2D eigenvalue weighted by atomic mass is 19.2. The Kier molecular flexibility index (Phi) is 6.19. The molecule has 0 heterocycles. The van der Waals surface area contributed by atoms with Crippen LogP contribution in [0.15, 0.2) is 67.3 Å². The maximum absolute atomic E-state index is 14.7. The number of ether oxygens (including phenoxy) is 1. The summed E-state index contributed by atoms with van der Waals surface area (Å²) in [6.45, 7) is 5.93. The second-order valence-electron chi connectivity index (χ2n) is 6.42. The van der Waals surface area contributed by atoms with Gasteiger partial charge in [0.2, 0.25) is 0 Å². The molecule has 0 aromatic heterocycles. The normalized spacial score (nSPS) is 11.3. The van der Waals surface area contributed by atoms with E-state index in [0.29, 0.717) is 41.7 Å². The molecule has 3 rings (SSSR count). The number of hydrogen-bond acceptors (Lipinski definition) is 1. The van der Waals surface area contributed by atoms with Crippen molar-refractivity contribution in [2.45, 2.75) is 19.8 Å². The predicted octanol–water partition coefficient (Wildman–Crippen LogP) is 7.00. The van der Waals surface area contributed by atoms with Gasteiger partial charge in [-0.25, -0.2) is 13.2 Å². The molecule has 1 nitrogen and oxygen atoms in total. The largest absolute Gasteiger partial charge is 0.490 e. The monoisotopic (exact) mass is 382 g/mol. The molecule has 0 aliphatic carbocycles. The Hall–Kier alpha value is -3.01. The SMILES string of the molecule is C=CCCc1ccc2cc(-c3ccc(OCC=CC)cc3)c(F)c(F)c2c1F. The lowest BCUT2D eigenvalue weighted by molar-refractivity contribution is 0.363. The van der Waals surface area contributed by atoms with Crippen LogP contribution in [0.1, 0.15) is 18.9 Å². The molecule has 0 unspecified atom stereocenters. The number of halogens is 3. The van der Waals surface area contributed by atoms with E-state index in [1.807, 2.05) is 19.1 Å². The van der Waals surface area contributed by atoms with Crippen LogP contribution in [0, 0.1) is 17.5 Å². The van der Waals surface area contributed by atoms with Crippen LogP contribution in [0.5, 0.6) is 5.75 Å². The van der Waals surface area contributed by atoms with Crippen LogP contribution in [0.3, 0.4) is 0 Å². The molecular formula is C24H21F3O. The fraction of sp³-hybridized carbons (Fsp3) is 0.167. The van der Waals surface area contributed by atoms with Crippen LogP contribution in [-0.2, 0) is 6.42 Å². The van der Waals surface area contributed by atoms with E-state index in [0.717, 1.165) is 0 Å². The number of fused-ring (bicyclic) bond motifs is 1. The highest BCUT2D eigenvalue weighted by molar-refractivity contribution is 5.89. The summed E-state index contributed by atoms with van der Waals surface area (Å²) >= 11 is 0. The van der Waals surface area contributed by atoms with Crippen molar-refractivity contribution in [2.24, 2.45) is 0 Å². The topological polar surface area (TPSA) is 9.23 Å². The molecular weight excluding hydrogens is 361 g/mol. The second-order valence-corrected chi connectivity index (χ2v) is 6.42. The average molecular weight is 382 g/mol. The first-order valence-corrected chi connectivity index (χ1v) is 9.11. The first kappa shape index (κ1) is 19.7. The number of rotatable bonds is 7. The van der Waals surface area contributed by atoms with Crippen molar-refractivity contribution in [1.29, 1.82) is 0 Å². The van der Waals surface area contributed by atoms with E-state index in [-0.39, 0.29) is 10.9 Å². The summed E-state index contributed by atoms with van der Waals surface area (Å²) in [5, 5.41) is 0.0104. The van der Waals surface area contributed by atoms with Crippen LogP contribution in [0.4, 0.5) is 13.2 Å². The number of aryl methyl sites for hydroxylation is 1. The molecule has 0 N–H and O–H groups in total. The lowest BCUT2D eigenvalue weighted by Crippen LogP contribution is -1.98. The fourth-order valence-corrected chi connectivity index (χ4v) is 3.06. The summed E-state index contributed by atoms with van der Waals surface area (Å²) in [5.74, 6) is -2.31. The van der Waals surface area contributed by atoms with E-state index < -0.39 is 17.5 Å². The Bertz CT molecular complexity index is 1020. The molecule has 0 aliphatic rings. The van der Waals surface area contributed by atoms with E-state index >= 15 is 0 Å². The quantitative estimate of drug-likeness (QED) is 0.400. The third-order valence-corrected chi connectivity index (χ3v) is 4.57. The zero-order chi connectivity index (χ0) is 20.1. The predicted molar refractivity (Wildman–Crippen MR) is 108 cm³/mol. The molecule has 28 heavy (non-hydrogen) atoms. The van der Waals surface area contributed by atoms with Gasteiger partial charge >= 0.3 is 0 Å². The van der Waals surface area contributed by atoms with Crippen molar-refractivity contribution in [2.75, 3.05) is 6.61 Å². The highest BCUT2D eigenvalue weighted by Crippen LogP contribution is 2.34. The van der Waals surface area contributed by atoms with Gasteiger partial charge in [-0.05, 0) is 54.5 Å². The summed E-state index contributed by atoms with van der Waals surface area (Å²) in [7, 11) is 0. The molecule has 144 valence electrons. The van der Waals surface area contributed by atoms with Gasteiger partial charge in [0.15, 0.2) is 11.6 Å². The van der Waals surface area contributed by atoms with Crippen molar-refractivity contribution >= 4 is 10.8 Å². The van der Waals surface area contributed by atoms with Gasteiger partial charge in [0.1, 0.15) is 18.2 Å². The smallest absolute Gasteiger partial charge is 0.170 e. The first-order valence-electron chi connectivity index (χ1n) is 9.11. The molecule has 0 bridgehead atoms. The lowest BCUT2D eigenvalue weighted by Gasteiger charge is -2.12. The summed E-state index contributed by atoms with van der Waals surface area (Å²) in [4.78, 5) is 0. The van der Waals surface area contributed by atoms with Gasteiger partial charge in [-0.3, -0.25) is 0 Å². The van der Waals surface area contributed by atoms with Gasteiger partial charge in [0.05, 0.1) is 5.39 Å². The van der Waals surface area contributed by atoms with Crippen molar-refractivity contribution in [1.82, 2.24) is 0 Å². The van der Waals surface area contributed by atoms with Crippen LogP contribution in [0.2, 0.25) is 0 Å². The zero-order valence-corrected chi connectivity index (χ0v) is 15.6. The van der Waals surface area contributed by atoms with Gasteiger partial charge in [0.25, 0.3) is 0 Å². The Balaban J connectivity index is 2.01. The van der Waals surface area contributed by atoms with Gasteiger partial charge in [-0.1, -0.05) is 42.5 Å². The third-order valence-electron chi connectivity index (χ3n) is 4.57. The molecule has 0 fully saturated rings. The average Bonchev–Trinajstić information content (AvgIpc) is 2.71. The summed E-state index contributed by atoms with van der Waals surface area (Å²) in [6.07, 6.45) is 6.36. The minimum Gasteiger partial charge on any atom is -0.490 e. The molecule has 0 radical (unpaired) electrons. The minimum absolute atomic E-state index is 0.0863. The summed E-state index contributed by atoms with van der Waals surface area (Å²) in [6, 6.07) is 11.4. The van der Waals surface area contributed by atoms with E-state index in [1.165, 1.54) is 6.07 Å². The second kappa shape index (κ2) is 8.79. The van der Waals surface area contributed by atoms with Crippen LogP contribution >= 0.6 is 0 Å². The Labute approximate surface area is 162 Å². The van der Waals surface area contributed by atoms with Crippen LogP contribution in [0.25, 0.3) is 21.9 Å². The van der Waals surface area contributed by atoms with Gasteiger partial charge in [-0.15, -0.1) is 6.58 Å². The maximum atomic E-state index is 14.7. The minimum atomic E-state index is -1.17. The zero-order valence-electron chi connectivity index (χ0n) is 15.6. The van der Waals surface area contributed by atoms with Crippen molar-refractivity contribution in [3.8, 4) is 16.9 Å². The van der Waals surface area contributed by atoms with Crippen LogP contribution in [-0.4, -0.2) is 6.61 Å². The molecule has 0 atom stereocenters. The van der Waals surface area contributed by atoms with E-state index in [2.05, 4.69) is 6.58 Å². The fourth-order valence-electron chi connectivity index (χ4n) is 3.06. The Morgan fingerprint density at radius 2 is 1.71 bits per heavy atom. The number of benzene rings is 3. The molecule has 0 amide bonds. The Morgan fingerprint density at radius 1 is 0.964 bits per heavy atom. The summed E-state index contributed by atoms with van der Waals surface area (Å²) < 4.78 is 49.7. The summed E-state index contributed by atoms with van der Waals surface area (Å²) in [5.41, 5.74) is 0.928. The molecule has 0 spiro atoms. The molecule has 3 aromatic rings. The van der Waals surface area contributed by atoms with Crippen LogP contribution < -0.4 is 4.74 Å². The lowest BCUT2D eigenvalue weighted by atomic mass is 9.97. The Morgan fingerprint density at radius 3 is 2.39 bits per heavy atom. The van der Waals surface area contributed by atoms with Gasteiger partial charge in [0, 0.05) is 5.56 Å². The van der Waals surface area contributed by atoms with Gasteiger partial charge < -0.3 is 4.74 Å². The number of allylic oxidation sites excluding steroid dienone is 2. The van der Waals surface area contributed by atoms with Crippen molar-refractivity contribution < 1.29 is 17.9 Å². The molecule has 0 aliphatic heterocycles. The molecule has 0 saturated carbocycles. The third kappa shape index (κ3) is 3.96. The number of hydrogen-bond donors (Lipinski definition) is 0. The standard InChI is InChI=1S/C24H21F3O/c1-3-5-7-17-8-9-18-15-20(23(26)24(27)21(18)22(17)25)16-10-12-19(13-11-16)28-14-6-4-2/h3-4,6,8-13,15H,1,5,7,14H2,2H3. The van der Waals surface area contributed by atoms with Crippen molar-refractivity contribution in [3.63, 3.8) is 0 Å². The van der Waals surface area contributed by atoms with Crippen molar-refractivity contribution in [3.05, 3.63) is 90.3 Å². The molecule has 3 aromatic carbocycles. The van der Waals surface area contributed by atoms with Gasteiger partial charge in [-0.2, -0.15) is 0 Å².